The second kappa shape index (κ2) is 74.5. The molecule has 584 valence electrons. The molecule has 0 saturated heterocycles. The van der Waals surface area contributed by atoms with Gasteiger partial charge in [-0.05, 0) is 148 Å². The van der Waals surface area contributed by atoms with E-state index in [1.165, 1.54) is 12.8 Å². The number of ether oxygens (including phenoxy) is 4. The molecule has 0 aromatic heterocycles. The Morgan fingerprint density at radius 2 is 0.510 bits per heavy atom. The number of allylic oxidation sites excluding steroid dienone is 22. The molecule has 19 heteroatoms. The van der Waals surface area contributed by atoms with Gasteiger partial charge in [-0.2, -0.15) is 0 Å². The van der Waals surface area contributed by atoms with Crippen LogP contribution in [0.3, 0.4) is 0 Å². The summed E-state index contributed by atoms with van der Waals surface area (Å²) in [5.41, 5.74) is 0. The Labute approximate surface area is 618 Å². The first kappa shape index (κ1) is 97.2. The van der Waals surface area contributed by atoms with Crippen LogP contribution in [0.4, 0.5) is 0 Å². The number of rotatable bonds is 73. The fraction of sp³-hybridized carbons (Fsp3) is 0.687. The first-order chi connectivity index (χ1) is 49.7. The number of aliphatic hydroxyl groups is 1. The number of carbonyl (C=O) groups excluding carboxylic acids is 4. The van der Waals surface area contributed by atoms with E-state index in [-0.39, 0.29) is 25.7 Å². The lowest BCUT2D eigenvalue weighted by Gasteiger charge is -2.21. The quantitative estimate of drug-likeness (QED) is 0.0169. The highest BCUT2D eigenvalue weighted by Crippen LogP contribution is 2.45. The molecule has 0 aliphatic carbocycles. The lowest BCUT2D eigenvalue weighted by Crippen LogP contribution is -2.30. The lowest BCUT2D eigenvalue weighted by molar-refractivity contribution is -0.161. The maximum absolute atomic E-state index is 13.1. The van der Waals surface area contributed by atoms with Gasteiger partial charge < -0.3 is 33.8 Å². The molecule has 5 atom stereocenters. The van der Waals surface area contributed by atoms with Crippen LogP contribution in [-0.4, -0.2) is 96.7 Å². The van der Waals surface area contributed by atoms with Crippen molar-refractivity contribution in [3.05, 3.63) is 134 Å². The van der Waals surface area contributed by atoms with Crippen molar-refractivity contribution in [2.45, 2.75) is 329 Å². The third-order valence-corrected chi connectivity index (χ3v) is 18.0. The summed E-state index contributed by atoms with van der Waals surface area (Å²) < 4.78 is 68.5. The van der Waals surface area contributed by atoms with Gasteiger partial charge in [-0.3, -0.25) is 37.3 Å². The summed E-state index contributed by atoms with van der Waals surface area (Å²) in [6.45, 7) is 4.45. The molecule has 102 heavy (non-hydrogen) atoms. The topological polar surface area (TPSA) is 237 Å². The molecule has 0 aromatic rings. The number of aliphatic hydroxyl groups excluding tert-OH is 1. The third-order valence-electron chi connectivity index (χ3n) is 16.1. The molecular weight excluding hydrogens is 1330 g/mol. The second-order valence-corrected chi connectivity index (χ2v) is 28.8. The average Bonchev–Trinajstić information content (AvgIpc) is 0.994. The maximum Gasteiger partial charge on any atom is 0.472 e. The fourth-order valence-corrected chi connectivity index (χ4v) is 11.7. The van der Waals surface area contributed by atoms with Crippen LogP contribution in [0.5, 0.6) is 0 Å². The minimum atomic E-state index is -4.99. The van der Waals surface area contributed by atoms with Crippen molar-refractivity contribution in [1.29, 1.82) is 0 Å². The molecule has 0 bridgehead atoms. The van der Waals surface area contributed by atoms with E-state index in [0.29, 0.717) is 25.7 Å². The van der Waals surface area contributed by atoms with Crippen LogP contribution in [0.1, 0.15) is 310 Å². The summed E-state index contributed by atoms with van der Waals surface area (Å²) in [7, 11) is -9.97. The number of phosphoric acid groups is 2. The van der Waals surface area contributed by atoms with Gasteiger partial charge in [-0.25, -0.2) is 9.13 Å². The molecule has 0 rings (SSSR count). The monoisotopic (exact) mass is 1470 g/mol. The summed E-state index contributed by atoms with van der Waals surface area (Å²) in [5.74, 6) is -2.23. The third kappa shape index (κ3) is 73.5. The van der Waals surface area contributed by atoms with Gasteiger partial charge in [-0.1, -0.05) is 271 Å². The van der Waals surface area contributed by atoms with Crippen LogP contribution in [0.2, 0.25) is 0 Å². The number of carbonyl (C=O) groups is 4. The first-order valence-corrected chi connectivity index (χ1v) is 42.4. The van der Waals surface area contributed by atoms with Crippen LogP contribution >= 0.6 is 15.6 Å². The lowest BCUT2D eigenvalue weighted by atomic mass is 10.1. The van der Waals surface area contributed by atoms with Gasteiger partial charge >= 0.3 is 39.5 Å². The molecule has 5 unspecified atom stereocenters. The summed E-state index contributed by atoms with van der Waals surface area (Å²) >= 11 is 0. The van der Waals surface area contributed by atoms with Crippen molar-refractivity contribution in [2.75, 3.05) is 39.6 Å². The summed E-state index contributed by atoms with van der Waals surface area (Å²) in [5, 5.41) is 10.6. The van der Waals surface area contributed by atoms with Gasteiger partial charge in [0.2, 0.25) is 0 Å². The Bertz CT molecular complexity index is 2460. The van der Waals surface area contributed by atoms with Crippen molar-refractivity contribution in [3.8, 4) is 0 Å². The molecule has 0 radical (unpaired) electrons. The molecule has 0 aliphatic heterocycles. The van der Waals surface area contributed by atoms with Gasteiger partial charge in [-0.15, -0.1) is 0 Å². The fourth-order valence-electron chi connectivity index (χ4n) is 10.2. The van der Waals surface area contributed by atoms with Crippen molar-refractivity contribution >= 4 is 39.5 Å². The van der Waals surface area contributed by atoms with Crippen LogP contribution < -0.4 is 0 Å². The van der Waals surface area contributed by atoms with Crippen LogP contribution in [0.25, 0.3) is 0 Å². The van der Waals surface area contributed by atoms with Crippen LogP contribution in [-0.2, 0) is 65.4 Å². The summed E-state index contributed by atoms with van der Waals surface area (Å²) in [6.07, 6.45) is 82.9. The zero-order chi connectivity index (χ0) is 74.6. The van der Waals surface area contributed by atoms with Gasteiger partial charge in [0, 0.05) is 25.7 Å². The minimum Gasteiger partial charge on any atom is -0.462 e. The van der Waals surface area contributed by atoms with Gasteiger partial charge in [0.25, 0.3) is 0 Å². The minimum absolute atomic E-state index is 0.0748. The van der Waals surface area contributed by atoms with Gasteiger partial charge in [0.15, 0.2) is 12.2 Å². The van der Waals surface area contributed by atoms with E-state index in [1.54, 1.807) is 0 Å². The number of hydrogen-bond donors (Lipinski definition) is 3. The van der Waals surface area contributed by atoms with E-state index in [2.05, 4.69) is 161 Å². The van der Waals surface area contributed by atoms with Crippen LogP contribution in [0.15, 0.2) is 134 Å². The SMILES string of the molecule is CC/C=C\C/C=C\C/C=C\C/C=C\CCCCCCC(=O)OCC(COP(=O)(O)OCC(O)COP(=O)(O)OCC(COC(=O)CCCCCCCCC/C=C\C/C=C\C/C=C\CC)OC(=O)CCCCCCC/C=C\CCCC)OC(=O)CCCCCCCCC/C=C\C/C=C\C/C=C\CC. The van der Waals surface area contributed by atoms with E-state index in [0.717, 1.165) is 218 Å². The highest BCUT2D eigenvalue weighted by Gasteiger charge is 2.30. The highest BCUT2D eigenvalue weighted by molar-refractivity contribution is 7.47. The molecular formula is C83H140O17P2. The molecule has 0 aliphatic rings. The molecule has 17 nitrogen and oxygen atoms in total. The van der Waals surface area contributed by atoms with E-state index < -0.39 is 97.5 Å². The molecule has 0 aromatic carbocycles. The van der Waals surface area contributed by atoms with Crippen LogP contribution in [0, 0.1) is 0 Å². The Morgan fingerprint density at radius 3 is 0.794 bits per heavy atom. The number of phosphoric ester groups is 2. The Kier molecular flexibility index (Phi) is 71.0. The summed E-state index contributed by atoms with van der Waals surface area (Å²) in [4.78, 5) is 73.0. The van der Waals surface area contributed by atoms with E-state index in [9.17, 15) is 43.2 Å². The molecule has 0 amide bonds. The molecule has 3 N–H and O–H groups in total. The molecule has 0 spiro atoms. The normalized spacial score (nSPS) is 14.6. The highest BCUT2D eigenvalue weighted by atomic mass is 31.2. The maximum atomic E-state index is 13.1. The van der Waals surface area contributed by atoms with Crippen molar-refractivity contribution < 1.29 is 80.2 Å². The first-order valence-electron chi connectivity index (χ1n) is 39.4. The Morgan fingerprint density at radius 1 is 0.284 bits per heavy atom. The number of hydrogen-bond acceptors (Lipinski definition) is 15. The predicted molar refractivity (Wildman–Crippen MR) is 418 cm³/mol. The predicted octanol–water partition coefficient (Wildman–Crippen LogP) is 22.9. The largest absolute Gasteiger partial charge is 0.472 e. The van der Waals surface area contributed by atoms with Crippen molar-refractivity contribution in [3.63, 3.8) is 0 Å². The van der Waals surface area contributed by atoms with Gasteiger partial charge in [0.05, 0.1) is 26.4 Å². The zero-order valence-corrected chi connectivity index (χ0v) is 65.5. The molecule has 0 fully saturated rings. The van der Waals surface area contributed by atoms with E-state index in [4.69, 9.17) is 37.0 Å². The summed E-state index contributed by atoms with van der Waals surface area (Å²) in [6, 6.07) is 0. The molecule has 0 saturated carbocycles. The Hall–Kier alpha value is -4.80. The second-order valence-electron chi connectivity index (χ2n) is 25.9. The van der Waals surface area contributed by atoms with Crippen molar-refractivity contribution in [2.24, 2.45) is 0 Å². The standard InChI is InChI=1S/C83H140O17P2/c1-5-9-13-17-21-25-29-32-35-38-41-44-48-51-55-59-63-67-80(85)93-73-78(99-82(87)69-65-61-57-53-47-28-24-20-16-12-8-4)75-97-101(89,90)95-71-77(84)72-96-102(91,92)98-76-79(100-83(88)70-66-62-58-54-50-46-43-40-37-34-31-27-23-19-15-11-7-3)74-94-81(86)68-64-60-56-52-49-45-42-39-36-33-30-26-22-18-14-10-6-2/h9-11,13-15,20-27,32-37,42,45,77-79,84H,5-8,12,16-19,28-31,38-41,43-44,46-76H2,1-4H3,(H,89,90)(H,91,92)/b13-9-,14-10-,15-11-,24-20-,25-21-,26-22-,27-23-,35-32-,36-33-,37-34-,45-42-. The van der Waals surface area contributed by atoms with E-state index in [1.807, 2.05) is 0 Å². The average molecular weight is 1470 g/mol. The number of esters is 4. The van der Waals surface area contributed by atoms with Crippen molar-refractivity contribution in [1.82, 2.24) is 0 Å². The molecule has 0 heterocycles. The zero-order valence-electron chi connectivity index (χ0n) is 63.7. The smallest absolute Gasteiger partial charge is 0.462 e. The van der Waals surface area contributed by atoms with Gasteiger partial charge in [0.1, 0.15) is 19.3 Å². The number of unbranched alkanes of at least 4 members (excludes halogenated alkanes) is 25. The Balaban J connectivity index is 5.37. The van der Waals surface area contributed by atoms with E-state index >= 15 is 0 Å².